The summed E-state index contributed by atoms with van der Waals surface area (Å²) in [4.78, 5) is 1.13. The zero-order valence-corrected chi connectivity index (χ0v) is 9.39. The lowest BCUT2D eigenvalue weighted by molar-refractivity contribution is 0.716. The first kappa shape index (κ1) is 10.7. The van der Waals surface area contributed by atoms with Crippen molar-refractivity contribution >= 4 is 40.3 Å². The van der Waals surface area contributed by atoms with Crippen molar-refractivity contribution < 1.29 is 0 Å². The molecule has 1 unspecified atom stereocenters. The van der Waals surface area contributed by atoms with Gasteiger partial charge in [0.2, 0.25) is 0 Å². The van der Waals surface area contributed by atoms with Gasteiger partial charge in [-0.1, -0.05) is 11.6 Å². The van der Waals surface area contributed by atoms with Crippen LogP contribution in [0.5, 0.6) is 0 Å². The van der Waals surface area contributed by atoms with Gasteiger partial charge in [0.05, 0.1) is 10.4 Å². The first-order valence-electron chi connectivity index (χ1n) is 3.66. The number of hydrazine groups is 1. The van der Waals surface area contributed by atoms with E-state index in [-0.39, 0.29) is 6.04 Å². The van der Waals surface area contributed by atoms with Gasteiger partial charge >= 0.3 is 0 Å². The number of rotatable bonds is 2. The molecule has 0 aliphatic heterocycles. The predicted molar refractivity (Wildman–Crippen MR) is 60.8 cm³/mol. The third-order valence-corrected chi connectivity index (χ3v) is 3.15. The van der Waals surface area contributed by atoms with Gasteiger partial charge in [0.1, 0.15) is 0 Å². The Morgan fingerprint density at radius 1 is 1.69 bits per heavy atom. The maximum Gasteiger partial charge on any atom is 0.181 e. The van der Waals surface area contributed by atoms with Gasteiger partial charge < -0.3 is 10.7 Å². The van der Waals surface area contributed by atoms with Crippen LogP contribution in [0.4, 0.5) is 0 Å². The van der Waals surface area contributed by atoms with Crippen molar-refractivity contribution in [3.63, 3.8) is 0 Å². The summed E-state index contributed by atoms with van der Waals surface area (Å²) >= 11 is 12.2. The molecule has 0 fully saturated rings. The second-order valence-corrected chi connectivity index (χ2v) is 4.64. The molecule has 1 heterocycles. The van der Waals surface area contributed by atoms with Crippen LogP contribution in [0.15, 0.2) is 12.1 Å². The normalized spacial score (nSPS) is 12.2. The van der Waals surface area contributed by atoms with Gasteiger partial charge in [-0.25, -0.2) is 5.84 Å². The van der Waals surface area contributed by atoms with Crippen LogP contribution in [0, 0.1) is 0 Å². The number of thiocarbonyl (C=S) groups is 1. The summed E-state index contributed by atoms with van der Waals surface area (Å²) in [6.45, 7) is 1.99. The van der Waals surface area contributed by atoms with Crippen LogP contribution in [0.2, 0.25) is 4.34 Å². The molecular formula is C7H10ClN3S2. The van der Waals surface area contributed by atoms with Gasteiger partial charge in [0.15, 0.2) is 5.11 Å². The first-order chi connectivity index (χ1) is 6.13. The molecule has 0 spiro atoms. The number of halogens is 1. The molecule has 4 N–H and O–H groups in total. The van der Waals surface area contributed by atoms with Crippen molar-refractivity contribution in [1.82, 2.24) is 10.7 Å². The lowest BCUT2D eigenvalue weighted by Gasteiger charge is -2.13. The van der Waals surface area contributed by atoms with E-state index in [0.717, 1.165) is 9.21 Å². The smallest absolute Gasteiger partial charge is 0.181 e. The zero-order valence-electron chi connectivity index (χ0n) is 7.00. The SMILES string of the molecule is CC(NC(=S)NN)c1ccc(Cl)s1. The minimum absolute atomic E-state index is 0.126. The second kappa shape index (κ2) is 4.76. The number of nitrogens with two attached hydrogens (primary N) is 1. The van der Waals surface area contributed by atoms with Crippen LogP contribution in [0.25, 0.3) is 0 Å². The van der Waals surface area contributed by atoms with Crippen LogP contribution < -0.4 is 16.6 Å². The number of thiophene rings is 1. The Morgan fingerprint density at radius 3 is 2.85 bits per heavy atom. The van der Waals surface area contributed by atoms with Gasteiger partial charge in [-0.05, 0) is 31.3 Å². The lowest BCUT2D eigenvalue weighted by atomic mass is 10.3. The average Bonchev–Trinajstić information content (AvgIpc) is 2.51. The van der Waals surface area contributed by atoms with E-state index in [1.807, 2.05) is 19.1 Å². The molecule has 3 nitrogen and oxygen atoms in total. The molecule has 0 amide bonds. The summed E-state index contributed by atoms with van der Waals surface area (Å²) in [7, 11) is 0. The number of nitrogens with one attached hydrogen (secondary N) is 2. The molecule has 1 aromatic rings. The third-order valence-electron chi connectivity index (χ3n) is 1.50. The van der Waals surface area contributed by atoms with E-state index in [1.54, 1.807) is 0 Å². The largest absolute Gasteiger partial charge is 0.354 e. The third kappa shape index (κ3) is 3.11. The summed E-state index contributed by atoms with van der Waals surface area (Å²) < 4.78 is 0.773. The molecule has 0 saturated heterocycles. The van der Waals surface area contributed by atoms with E-state index >= 15 is 0 Å². The molecular weight excluding hydrogens is 226 g/mol. The molecule has 0 bridgehead atoms. The fourth-order valence-corrected chi connectivity index (χ4v) is 2.11. The summed E-state index contributed by atoms with van der Waals surface area (Å²) in [6, 6.07) is 3.95. The minimum atomic E-state index is 0.126. The van der Waals surface area contributed by atoms with E-state index in [9.17, 15) is 0 Å². The Labute approximate surface area is 91.2 Å². The van der Waals surface area contributed by atoms with Crippen LogP contribution in [-0.2, 0) is 0 Å². The molecule has 0 aliphatic rings. The van der Waals surface area contributed by atoms with Crippen molar-refractivity contribution in [3.8, 4) is 0 Å². The van der Waals surface area contributed by atoms with Gasteiger partial charge in [-0.15, -0.1) is 11.3 Å². The molecule has 0 aliphatic carbocycles. The Morgan fingerprint density at radius 2 is 2.38 bits per heavy atom. The molecule has 6 heteroatoms. The van der Waals surface area contributed by atoms with Crippen molar-refractivity contribution in [2.45, 2.75) is 13.0 Å². The van der Waals surface area contributed by atoms with Crippen molar-refractivity contribution in [2.24, 2.45) is 5.84 Å². The van der Waals surface area contributed by atoms with Crippen molar-refractivity contribution in [3.05, 3.63) is 21.3 Å². The fourth-order valence-electron chi connectivity index (χ4n) is 0.870. The highest BCUT2D eigenvalue weighted by Gasteiger charge is 2.08. The Balaban J connectivity index is 2.58. The van der Waals surface area contributed by atoms with E-state index < -0.39 is 0 Å². The predicted octanol–water partition coefficient (Wildman–Crippen LogP) is 1.80. The summed E-state index contributed by atoms with van der Waals surface area (Å²) in [5, 5.41) is 3.43. The average molecular weight is 236 g/mol. The molecule has 0 radical (unpaired) electrons. The molecule has 0 aromatic carbocycles. The van der Waals surface area contributed by atoms with Gasteiger partial charge in [0, 0.05) is 4.88 Å². The first-order valence-corrected chi connectivity index (χ1v) is 5.26. The van der Waals surface area contributed by atoms with Gasteiger partial charge in [-0.2, -0.15) is 0 Å². The van der Waals surface area contributed by atoms with Crippen LogP contribution in [0.3, 0.4) is 0 Å². The van der Waals surface area contributed by atoms with Crippen LogP contribution in [-0.4, -0.2) is 5.11 Å². The standard InChI is InChI=1S/C7H10ClN3S2/c1-4(10-7(12)11-9)5-2-3-6(8)13-5/h2-4H,9H2,1H3,(H2,10,11,12). The molecule has 1 aromatic heterocycles. The highest BCUT2D eigenvalue weighted by atomic mass is 35.5. The van der Waals surface area contributed by atoms with E-state index in [1.165, 1.54) is 11.3 Å². The maximum atomic E-state index is 5.79. The van der Waals surface area contributed by atoms with E-state index in [0.29, 0.717) is 5.11 Å². The topological polar surface area (TPSA) is 50.1 Å². The molecule has 72 valence electrons. The van der Waals surface area contributed by atoms with Gasteiger partial charge in [0.25, 0.3) is 0 Å². The summed E-state index contributed by atoms with van der Waals surface area (Å²) in [6.07, 6.45) is 0. The van der Waals surface area contributed by atoms with Crippen molar-refractivity contribution in [2.75, 3.05) is 0 Å². The second-order valence-electron chi connectivity index (χ2n) is 2.48. The Bertz CT molecular complexity index is 300. The molecule has 1 rings (SSSR count). The lowest BCUT2D eigenvalue weighted by Crippen LogP contribution is -2.40. The Hall–Kier alpha value is -0.360. The molecule has 1 atom stereocenters. The quantitative estimate of drug-likeness (QED) is 0.416. The zero-order chi connectivity index (χ0) is 9.84. The fraction of sp³-hybridized carbons (Fsp3) is 0.286. The summed E-state index contributed by atoms with van der Waals surface area (Å²) in [5.41, 5.74) is 2.36. The van der Waals surface area contributed by atoms with E-state index in [4.69, 9.17) is 29.7 Å². The van der Waals surface area contributed by atoms with Crippen molar-refractivity contribution in [1.29, 1.82) is 0 Å². The van der Waals surface area contributed by atoms with Gasteiger partial charge in [-0.3, -0.25) is 0 Å². The minimum Gasteiger partial charge on any atom is -0.354 e. The molecule has 0 saturated carbocycles. The van der Waals surface area contributed by atoms with E-state index in [2.05, 4.69) is 10.7 Å². The Kier molecular flexibility index (Phi) is 3.92. The monoisotopic (exact) mass is 235 g/mol. The highest BCUT2D eigenvalue weighted by molar-refractivity contribution is 7.80. The highest BCUT2D eigenvalue weighted by Crippen LogP contribution is 2.26. The van der Waals surface area contributed by atoms with Crippen LogP contribution >= 0.6 is 35.2 Å². The van der Waals surface area contributed by atoms with Crippen LogP contribution in [0.1, 0.15) is 17.8 Å². The maximum absolute atomic E-state index is 5.79. The summed E-state index contributed by atoms with van der Waals surface area (Å²) in [5.74, 6) is 5.13. The molecule has 13 heavy (non-hydrogen) atoms. The number of hydrogen-bond acceptors (Lipinski definition) is 3. The number of hydrogen-bond donors (Lipinski definition) is 3.